The first-order valence-corrected chi connectivity index (χ1v) is 11.4. The Morgan fingerprint density at radius 3 is 2.63 bits per heavy atom. The number of β-amino-alcohol motifs (C(OH)–C–C–N with tert-alkyl or cyclic N) is 1. The zero-order valence-electron chi connectivity index (χ0n) is 18.2. The van der Waals surface area contributed by atoms with E-state index in [1.165, 1.54) is 11.3 Å². The van der Waals surface area contributed by atoms with E-state index in [1.54, 1.807) is 6.92 Å². The van der Waals surface area contributed by atoms with E-state index in [-0.39, 0.29) is 43.5 Å². The van der Waals surface area contributed by atoms with Crippen LogP contribution in [0.1, 0.15) is 59.3 Å². The second kappa shape index (κ2) is 7.79. The van der Waals surface area contributed by atoms with Crippen LogP contribution in [0.15, 0.2) is 0 Å². The fourth-order valence-corrected chi connectivity index (χ4v) is 6.50. The minimum Gasteiger partial charge on any atom is -0.466 e. The van der Waals surface area contributed by atoms with Gasteiger partial charge in [0.1, 0.15) is 17.6 Å². The number of rotatable bonds is 6. The highest BCUT2D eigenvalue weighted by molar-refractivity contribution is 5.98. The fourth-order valence-electron chi connectivity index (χ4n) is 6.50. The van der Waals surface area contributed by atoms with Crippen molar-refractivity contribution in [3.05, 3.63) is 0 Å². The number of aliphatic hydroxyl groups is 1. The molecule has 4 aliphatic rings. The van der Waals surface area contributed by atoms with Crippen LogP contribution in [-0.4, -0.2) is 70.8 Å². The van der Waals surface area contributed by atoms with Crippen LogP contribution < -0.4 is 5.32 Å². The van der Waals surface area contributed by atoms with Crippen LogP contribution in [0.4, 0.5) is 0 Å². The Bertz CT molecular complexity index is 722. The van der Waals surface area contributed by atoms with Crippen LogP contribution in [0, 0.1) is 17.8 Å². The number of esters is 1. The zero-order valence-corrected chi connectivity index (χ0v) is 18.2. The number of hydrogen-bond acceptors (Lipinski definition) is 6. The van der Waals surface area contributed by atoms with Crippen molar-refractivity contribution in [3.8, 4) is 0 Å². The van der Waals surface area contributed by atoms with Crippen LogP contribution in [0.2, 0.25) is 0 Å². The van der Waals surface area contributed by atoms with Crippen molar-refractivity contribution in [2.24, 2.45) is 17.8 Å². The number of carbonyl (C=O) groups excluding carboxylic acids is 3. The summed E-state index contributed by atoms with van der Waals surface area (Å²) in [5, 5.41) is 12.7. The Balaban J connectivity index is 1.70. The number of amides is 2. The van der Waals surface area contributed by atoms with Gasteiger partial charge in [0.2, 0.25) is 11.8 Å². The first-order chi connectivity index (χ1) is 14.3. The molecule has 168 valence electrons. The zero-order chi connectivity index (χ0) is 21.7. The standard InChI is InChI=1S/C22H34N2O6/c1-4-29-20(28)16-15-19(27)24(10-11-25)17(18(26)23-14-8-6-5-7-9-14)22(15)12-13(2)21(16,3)30-22/h13-17,25H,4-12H2,1-3H3,(H,23,26)/t13?,15-,16-,17?,21+,22?/m0/s1. The maximum Gasteiger partial charge on any atom is 0.312 e. The quantitative estimate of drug-likeness (QED) is 0.619. The molecule has 2 N–H and O–H groups in total. The predicted octanol–water partition coefficient (Wildman–Crippen LogP) is 1.00. The maximum absolute atomic E-state index is 13.5. The topological polar surface area (TPSA) is 105 Å². The van der Waals surface area contributed by atoms with Gasteiger partial charge in [-0.15, -0.1) is 0 Å². The Morgan fingerprint density at radius 2 is 2.00 bits per heavy atom. The summed E-state index contributed by atoms with van der Waals surface area (Å²) in [6.45, 7) is 5.63. The van der Waals surface area contributed by atoms with E-state index >= 15 is 0 Å². The molecule has 8 heteroatoms. The Labute approximate surface area is 177 Å². The van der Waals surface area contributed by atoms with Crippen LogP contribution >= 0.6 is 0 Å². The molecule has 3 aliphatic heterocycles. The SMILES string of the molecule is CCOC(=O)[C@@H]1[C@H]2C(=O)N(CCO)C(C(=O)NC3CCCCC3)C23CC(C)[C@@]1(C)O3. The van der Waals surface area contributed by atoms with Gasteiger partial charge in [0.05, 0.1) is 24.7 Å². The van der Waals surface area contributed by atoms with Crippen molar-refractivity contribution in [2.75, 3.05) is 19.8 Å². The molecular formula is C22H34N2O6. The van der Waals surface area contributed by atoms with Crippen molar-refractivity contribution in [3.63, 3.8) is 0 Å². The third-order valence-corrected chi connectivity index (χ3v) is 7.90. The van der Waals surface area contributed by atoms with Crippen molar-refractivity contribution >= 4 is 17.8 Å². The summed E-state index contributed by atoms with van der Waals surface area (Å²) in [4.78, 5) is 41.3. The highest BCUT2D eigenvalue weighted by Gasteiger charge is 2.80. The van der Waals surface area contributed by atoms with Gasteiger partial charge in [-0.3, -0.25) is 14.4 Å². The van der Waals surface area contributed by atoms with Crippen LogP contribution in [0.3, 0.4) is 0 Å². The van der Waals surface area contributed by atoms with E-state index in [4.69, 9.17) is 9.47 Å². The molecule has 3 heterocycles. The number of hydrogen-bond donors (Lipinski definition) is 2. The lowest BCUT2D eigenvalue weighted by molar-refractivity contribution is -0.161. The lowest BCUT2D eigenvalue weighted by Crippen LogP contribution is -2.57. The van der Waals surface area contributed by atoms with E-state index in [2.05, 4.69) is 5.32 Å². The Hall–Kier alpha value is -1.67. The number of likely N-dealkylation sites (tertiary alicyclic amines) is 1. The van der Waals surface area contributed by atoms with E-state index in [0.29, 0.717) is 6.42 Å². The van der Waals surface area contributed by atoms with Crippen molar-refractivity contribution < 1.29 is 29.0 Å². The third-order valence-electron chi connectivity index (χ3n) is 7.90. The first kappa shape index (κ1) is 21.6. The van der Waals surface area contributed by atoms with E-state index in [0.717, 1.165) is 25.7 Å². The highest BCUT2D eigenvalue weighted by atomic mass is 16.6. The highest BCUT2D eigenvalue weighted by Crippen LogP contribution is 2.65. The van der Waals surface area contributed by atoms with Gasteiger partial charge in [-0.2, -0.15) is 0 Å². The molecule has 0 aromatic rings. The summed E-state index contributed by atoms with van der Waals surface area (Å²) >= 11 is 0. The summed E-state index contributed by atoms with van der Waals surface area (Å²) in [6, 6.07) is -0.743. The second-order valence-electron chi connectivity index (χ2n) is 9.55. The minimum absolute atomic E-state index is 0.00462. The number of nitrogens with one attached hydrogen (secondary N) is 1. The van der Waals surface area contributed by atoms with Crippen molar-refractivity contribution in [1.82, 2.24) is 10.2 Å². The maximum atomic E-state index is 13.5. The molecule has 2 amide bonds. The van der Waals surface area contributed by atoms with Crippen molar-refractivity contribution in [2.45, 2.75) is 82.6 Å². The molecule has 3 saturated heterocycles. The Morgan fingerprint density at radius 1 is 1.30 bits per heavy atom. The molecule has 0 aromatic carbocycles. The minimum atomic E-state index is -1.06. The number of carbonyl (C=O) groups is 3. The molecule has 1 spiro atoms. The molecule has 6 atom stereocenters. The molecule has 2 bridgehead atoms. The normalized spacial score (nSPS) is 40.5. The van der Waals surface area contributed by atoms with Crippen molar-refractivity contribution in [1.29, 1.82) is 0 Å². The predicted molar refractivity (Wildman–Crippen MR) is 107 cm³/mol. The van der Waals surface area contributed by atoms with Gasteiger partial charge < -0.3 is 24.8 Å². The first-order valence-electron chi connectivity index (χ1n) is 11.4. The number of nitrogens with zero attached hydrogens (tertiary/aromatic N) is 1. The summed E-state index contributed by atoms with van der Waals surface area (Å²) in [5.74, 6) is -2.47. The third kappa shape index (κ3) is 2.98. The Kier molecular flexibility index (Phi) is 5.60. The lowest BCUT2D eigenvalue weighted by atomic mass is 9.62. The molecular weight excluding hydrogens is 388 g/mol. The monoisotopic (exact) mass is 422 g/mol. The number of aliphatic hydroxyl groups excluding tert-OH is 1. The molecule has 4 fully saturated rings. The van der Waals surface area contributed by atoms with Crippen LogP contribution in [0.25, 0.3) is 0 Å². The van der Waals surface area contributed by atoms with Gasteiger partial charge in [0.25, 0.3) is 0 Å². The number of fused-ring (bicyclic) bond motifs is 1. The molecule has 1 saturated carbocycles. The molecule has 3 unspecified atom stereocenters. The number of ether oxygens (including phenoxy) is 2. The van der Waals surface area contributed by atoms with E-state index < -0.39 is 35.0 Å². The van der Waals surface area contributed by atoms with Gasteiger partial charge >= 0.3 is 5.97 Å². The molecule has 30 heavy (non-hydrogen) atoms. The lowest BCUT2D eigenvalue weighted by Gasteiger charge is -2.36. The van der Waals surface area contributed by atoms with Crippen LogP contribution in [-0.2, 0) is 23.9 Å². The van der Waals surface area contributed by atoms with Gasteiger partial charge in [0.15, 0.2) is 0 Å². The van der Waals surface area contributed by atoms with Gasteiger partial charge in [-0.1, -0.05) is 26.2 Å². The van der Waals surface area contributed by atoms with Gasteiger partial charge in [-0.05, 0) is 39.0 Å². The average molecular weight is 423 g/mol. The molecule has 4 rings (SSSR count). The average Bonchev–Trinajstić information content (AvgIpc) is 3.21. The fraction of sp³-hybridized carbons (Fsp3) is 0.864. The molecule has 0 aromatic heterocycles. The molecule has 8 nitrogen and oxygen atoms in total. The van der Waals surface area contributed by atoms with E-state index in [9.17, 15) is 19.5 Å². The second-order valence-corrected chi connectivity index (χ2v) is 9.55. The van der Waals surface area contributed by atoms with Crippen LogP contribution in [0.5, 0.6) is 0 Å². The molecule has 1 aliphatic carbocycles. The van der Waals surface area contributed by atoms with Gasteiger partial charge in [-0.25, -0.2) is 0 Å². The smallest absolute Gasteiger partial charge is 0.312 e. The largest absolute Gasteiger partial charge is 0.466 e. The summed E-state index contributed by atoms with van der Waals surface area (Å²) in [5.41, 5.74) is -1.90. The van der Waals surface area contributed by atoms with E-state index in [1.807, 2.05) is 13.8 Å². The summed E-state index contributed by atoms with van der Waals surface area (Å²) in [6.07, 6.45) is 5.74. The molecule has 0 radical (unpaired) electrons. The van der Waals surface area contributed by atoms with Gasteiger partial charge in [0, 0.05) is 12.6 Å². The summed E-state index contributed by atoms with van der Waals surface area (Å²) < 4.78 is 11.8. The summed E-state index contributed by atoms with van der Waals surface area (Å²) in [7, 11) is 0.